The van der Waals surface area contributed by atoms with E-state index in [0.29, 0.717) is 9.97 Å². The summed E-state index contributed by atoms with van der Waals surface area (Å²) in [5.74, 6) is 0.725. The van der Waals surface area contributed by atoms with Gasteiger partial charge in [-0.3, -0.25) is 0 Å². The zero-order valence-electron chi connectivity index (χ0n) is 9.98. The van der Waals surface area contributed by atoms with Crippen LogP contribution in [0.2, 0.25) is 0 Å². The fraction of sp³-hybridized carbons (Fsp3) is 0.700. The molecule has 0 aliphatic carbocycles. The predicted molar refractivity (Wildman–Crippen MR) is 65.2 cm³/mol. The number of ether oxygens (including phenoxy) is 1. The summed E-state index contributed by atoms with van der Waals surface area (Å²) >= 11 is 1.35. The van der Waals surface area contributed by atoms with Crippen molar-refractivity contribution < 1.29 is 9.84 Å². The minimum atomic E-state index is -0.639. The summed E-state index contributed by atoms with van der Waals surface area (Å²) in [5.41, 5.74) is 5.87. The molecule has 0 aromatic carbocycles. The van der Waals surface area contributed by atoms with Gasteiger partial charge < -0.3 is 15.6 Å². The van der Waals surface area contributed by atoms with Gasteiger partial charge in [0.25, 0.3) is 0 Å². The highest BCUT2D eigenvalue weighted by atomic mass is 32.1. The molecule has 2 aromatic heterocycles. The van der Waals surface area contributed by atoms with Gasteiger partial charge in [-0.1, -0.05) is 11.3 Å². The van der Waals surface area contributed by atoms with Crippen molar-refractivity contribution in [3.8, 4) is 0 Å². The van der Waals surface area contributed by atoms with Crippen molar-refractivity contribution in [1.82, 2.24) is 19.8 Å². The smallest absolute Gasteiger partial charge is 0.234 e. The summed E-state index contributed by atoms with van der Waals surface area (Å²) in [6.07, 6.45) is 1.30. The molecule has 1 aliphatic heterocycles. The van der Waals surface area contributed by atoms with Crippen molar-refractivity contribution in [2.45, 2.75) is 38.0 Å². The number of aromatic nitrogens is 4. The Morgan fingerprint density at radius 2 is 2.39 bits per heavy atom. The van der Waals surface area contributed by atoms with E-state index >= 15 is 0 Å². The van der Waals surface area contributed by atoms with E-state index in [1.807, 2.05) is 0 Å². The highest BCUT2D eigenvalue weighted by molar-refractivity contribution is 7.16. The fourth-order valence-corrected chi connectivity index (χ4v) is 2.92. The molecular formula is C10H15N5O2S. The van der Waals surface area contributed by atoms with E-state index in [2.05, 4.69) is 15.3 Å². The van der Waals surface area contributed by atoms with Crippen molar-refractivity contribution in [2.24, 2.45) is 5.73 Å². The van der Waals surface area contributed by atoms with Crippen LogP contribution in [0.15, 0.2) is 0 Å². The monoisotopic (exact) mass is 269 g/mol. The van der Waals surface area contributed by atoms with Gasteiger partial charge in [0, 0.05) is 6.61 Å². The van der Waals surface area contributed by atoms with Gasteiger partial charge in [-0.25, -0.2) is 0 Å². The van der Waals surface area contributed by atoms with Crippen molar-refractivity contribution in [3.63, 3.8) is 0 Å². The lowest BCUT2D eigenvalue weighted by Gasteiger charge is -2.10. The van der Waals surface area contributed by atoms with E-state index in [0.717, 1.165) is 25.3 Å². The topological polar surface area (TPSA) is 98.6 Å². The molecule has 8 heteroatoms. The highest BCUT2D eigenvalue weighted by Gasteiger charge is 2.26. The van der Waals surface area contributed by atoms with Gasteiger partial charge in [0.1, 0.15) is 11.1 Å². The lowest BCUT2D eigenvalue weighted by atomic mass is 10.2. The zero-order valence-corrected chi connectivity index (χ0v) is 10.8. The van der Waals surface area contributed by atoms with Gasteiger partial charge in [0.2, 0.25) is 4.96 Å². The lowest BCUT2D eigenvalue weighted by Crippen LogP contribution is -2.23. The molecule has 3 rings (SSSR count). The number of hydrogen-bond donors (Lipinski definition) is 2. The van der Waals surface area contributed by atoms with Crippen molar-refractivity contribution >= 4 is 16.3 Å². The molecule has 3 N–H and O–H groups in total. The first-order chi connectivity index (χ1) is 8.66. The first-order valence-electron chi connectivity index (χ1n) is 5.94. The first-order valence-corrected chi connectivity index (χ1v) is 6.75. The standard InChI is InChI=1S/C10H15N5O2S/c1-5(16)7(11)9-14-15-8(6-3-2-4-17-6)12-13-10(15)18-9/h5-7,16H,2-4,11H2,1H3. The minimum Gasteiger partial charge on any atom is -0.391 e. The molecule has 3 heterocycles. The largest absolute Gasteiger partial charge is 0.391 e. The minimum absolute atomic E-state index is 0.0299. The molecule has 98 valence electrons. The fourth-order valence-electron chi connectivity index (χ4n) is 1.97. The second kappa shape index (κ2) is 4.54. The molecule has 0 saturated carbocycles. The molecule has 0 radical (unpaired) electrons. The maximum absolute atomic E-state index is 9.49. The van der Waals surface area contributed by atoms with Crippen LogP contribution in [0.25, 0.3) is 4.96 Å². The average Bonchev–Trinajstić information content (AvgIpc) is 3.02. The van der Waals surface area contributed by atoms with E-state index in [-0.39, 0.29) is 6.10 Å². The number of aliphatic hydroxyl groups is 1. The number of nitrogens with zero attached hydrogens (tertiary/aromatic N) is 4. The van der Waals surface area contributed by atoms with E-state index in [9.17, 15) is 5.11 Å². The predicted octanol–water partition coefficient (Wildman–Crippen LogP) is 0.418. The van der Waals surface area contributed by atoms with Crippen LogP contribution in [-0.4, -0.2) is 37.6 Å². The van der Waals surface area contributed by atoms with Gasteiger partial charge in [-0.2, -0.15) is 9.61 Å². The summed E-state index contributed by atoms with van der Waals surface area (Å²) in [6, 6.07) is -0.492. The van der Waals surface area contributed by atoms with Gasteiger partial charge in [0.15, 0.2) is 5.82 Å². The third kappa shape index (κ3) is 1.91. The quantitative estimate of drug-likeness (QED) is 0.837. The summed E-state index contributed by atoms with van der Waals surface area (Å²) in [7, 11) is 0. The van der Waals surface area contributed by atoms with Gasteiger partial charge in [-0.15, -0.1) is 10.2 Å². The summed E-state index contributed by atoms with van der Waals surface area (Å²) in [4.78, 5) is 0.687. The van der Waals surface area contributed by atoms with Crippen LogP contribution >= 0.6 is 11.3 Å². The van der Waals surface area contributed by atoms with Crippen molar-refractivity contribution in [1.29, 1.82) is 0 Å². The Morgan fingerprint density at radius 1 is 1.56 bits per heavy atom. The molecule has 0 spiro atoms. The lowest BCUT2D eigenvalue weighted by molar-refractivity contribution is 0.103. The van der Waals surface area contributed by atoms with E-state index < -0.39 is 12.1 Å². The third-order valence-corrected chi connectivity index (χ3v) is 4.05. The molecule has 7 nitrogen and oxygen atoms in total. The third-order valence-electron chi connectivity index (χ3n) is 3.05. The number of rotatable bonds is 3. The maximum Gasteiger partial charge on any atom is 0.234 e. The molecule has 1 saturated heterocycles. The van der Waals surface area contributed by atoms with E-state index in [1.165, 1.54) is 11.3 Å². The number of hydrogen-bond acceptors (Lipinski definition) is 7. The molecule has 0 bridgehead atoms. The number of aliphatic hydroxyl groups excluding tert-OH is 1. The Kier molecular flexibility index (Phi) is 3.02. The number of nitrogens with two attached hydrogens (primary N) is 1. The van der Waals surface area contributed by atoms with Crippen LogP contribution in [-0.2, 0) is 4.74 Å². The van der Waals surface area contributed by atoms with Crippen LogP contribution in [0.4, 0.5) is 0 Å². The van der Waals surface area contributed by atoms with E-state index in [4.69, 9.17) is 10.5 Å². The Morgan fingerprint density at radius 3 is 3.06 bits per heavy atom. The van der Waals surface area contributed by atoms with Crippen LogP contribution in [0.1, 0.15) is 42.7 Å². The summed E-state index contributed by atoms with van der Waals surface area (Å²) < 4.78 is 7.26. The molecule has 0 amide bonds. The molecule has 3 atom stereocenters. The molecule has 2 aromatic rings. The van der Waals surface area contributed by atoms with Crippen LogP contribution in [0, 0.1) is 0 Å². The molecule has 1 fully saturated rings. The zero-order chi connectivity index (χ0) is 12.7. The van der Waals surface area contributed by atoms with Crippen LogP contribution < -0.4 is 5.73 Å². The Bertz CT molecular complexity index is 545. The molecule has 1 aliphatic rings. The van der Waals surface area contributed by atoms with Gasteiger partial charge in [-0.05, 0) is 19.8 Å². The Labute approximate surface area is 108 Å². The van der Waals surface area contributed by atoms with Gasteiger partial charge in [0.05, 0.1) is 12.1 Å². The van der Waals surface area contributed by atoms with Gasteiger partial charge >= 0.3 is 0 Å². The Hall–Kier alpha value is -1.09. The van der Waals surface area contributed by atoms with Crippen LogP contribution in [0.5, 0.6) is 0 Å². The second-order valence-corrected chi connectivity index (χ2v) is 5.45. The molecular weight excluding hydrogens is 254 g/mol. The normalized spacial score (nSPS) is 23.6. The number of fused-ring (bicyclic) bond motifs is 1. The van der Waals surface area contributed by atoms with E-state index in [1.54, 1.807) is 11.4 Å². The first kappa shape index (κ1) is 12.0. The molecule has 18 heavy (non-hydrogen) atoms. The van der Waals surface area contributed by atoms with Crippen molar-refractivity contribution in [3.05, 3.63) is 10.8 Å². The maximum atomic E-state index is 9.49. The molecule has 3 unspecified atom stereocenters. The summed E-state index contributed by atoms with van der Waals surface area (Å²) in [5, 5.41) is 22.7. The van der Waals surface area contributed by atoms with Crippen LogP contribution in [0.3, 0.4) is 0 Å². The average molecular weight is 269 g/mol. The highest BCUT2D eigenvalue weighted by Crippen LogP contribution is 2.29. The SMILES string of the molecule is CC(O)C(N)c1nn2c(C3CCCO3)nnc2s1. The Balaban J connectivity index is 1.97. The second-order valence-electron chi connectivity index (χ2n) is 4.46. The summed E-state index contributed by atoms with van der Waals surface area (Å²) in [6.45, 7) is 2.40. The van der Waals surface area contributed by atoms with Crippen molar-refractivity contribution in [2.75, 3.05) is 6.61 Å².